The van der Waals surface area contributed by atoms with E-state index < -0.39 is 29.9 Å². The van der Waals surface area contributed by atoms with Gasteiger partial charge in [-0.15, -0.1) is 0 Å². The van der Waals surface area contributed by atoms with Crippen LogP contribution in [0, 0.1) is 75.4 Å². The normalized spacial score (nSPS) is 37.8. The molecule has 0 heterocycles. The minimum absolute atomic E-state index is 0.0724. The van der Waals surface area contributed by atoms with Crippen molar-refractivity contribution in [2.24, 2.45) is 81.2 Å². The summed E-state index contributed by atoms with van der Waals surface area (Å²) in [4.78, 5) is 65.7. The van der Waals surface area contributed by atoms with Crippen LogP contribution in [0.15, 0.2) is 35.4 Å². The molecule has 60 heavy (non-hydrogen) atoms. The second-order valence-electron chi connectivity index (χ2n) is 20.8. The lowest BCUT2D eigenvalue weighted by molar-refractivity contribution is -0.172. The number of carboxylic acids is 1. The topological polar surface area (TPSA) is 176 Å². The van der Waals surface area contributed by atoms with Crippen LogP contribution in [0.25, 0.3) is 0 Å². The van der Waals surface area contributed by atoms with Crippen LogP contribution < -0.4 is 16.4 Å². The number of carbonyl (C=O) groups is 5. The number of aliphatic hydroxyl groups is 1. The molecule has 0 spiro atoms. The first-order chi connectivity index (χ1) is 28.3. The second kappa shape index (κ2) is 17.6. The van der Waals surface area contributed by atoms with Crippen molar-refractivity contribution in [2.45, 2.75) is 131 Å². The average molecular weight is 851 g/mol. The summed E-state index contributed by atoms with van der Waals surface area (Å²) in [5.41, 5.74) is 5.73. The van der Waals surface area contributed by atoms with Crippen molar-refractivity contribution in [2.75, 3.05) is 20.2 Å². The van der Waals surface area contributed by atoms with E-state index in [0.29, 0.717) is 78.3 Å². The van der Waals surface area contributed by atoms with Crippen molar-refractivity contribution >= 4 is 41.0 Å². The number of rotatable bonds is 12. The number of carboxylic acid groups (broad SMARTS) is 1. The van der Waals surface area contributed by atoms with Crippen LogP contribution in [0.5, 0.6) is 0 Å². The highest BCUT2D eigenvalue weighted by atomic mass is 35.5. The van der Waals surface area contributed by atoms with E-state index in [1.54, 1.807) is 24.3 Å². The van der Waals surface area contributed by atoms with Crippen molar-refractivity contribution in [1.29, 1.82) is 0 Å². The molecule has 332 valence electrons. The Balaban J connectivity index is 0.00000297. The van der Waals surface area contributed by atoms with Crippen LogP contribution in [-0.4, -0.2) is 65.3 Å². The van der Waals surface area contributed by atoms with Crippen LogP contribution in [0.4, 0.5) is 0 Å². The average Bonchev–Trinajstić information content (AvgIpc) is 3.51. The summed E-state index contributed by atoms with van der Waals surface area (Å²) >= 11 is 5.99. The third kappa shape index (κ3) is 7.93. The number of nitrogens with one attached hydrogen (secondary N) is 2. The van der Waals surface area contributed by atoms with Gasteiger partial charge in [0.25, 0.3) is 5.91 Å². The number of nitrogens with two attached hydrogens (primary N) is 1. The van der Waals surface area contributed by atoms with Crippen molar-refractivity contribution in [3.8, 4) is 0 Å². The van der Waals surface area contributed by atoms with Gasteiger partial charge in [0.1, 0.15) is 11.3 Å². The Morgan fingerprint density at radius 1 is 0.917 bits per heavy atom. The van der Waals surface area contributed by atoms with Gasteiger partial charge in [0.05, 0.1) is 12.5 Å². The smallest absolute Gasteiger partial charge is 0.306 e. The number of aliphatic carboxylic acids is 1. The molecule has 6 N–H and O–H groups in total. The molecular weight excluding hydrogens is 778 g/mol. The summed E-state index contributed by atoms with van der Waals surface area (Å²) in [6.45, 7) is 15.1. The molecular formula is C49H72ClN3O7. The van der Waals surface area contributed by atoms with E-state index in [0.717, 1.165) is 56.9 Å². The van der Waals surface area contributed by atoms with Crippen molar-refractivity contribution in [3.63, 3.8) is 0 Å². The maximum absolute atomic E-state index is 14.0. The fraction of sp³-hybridized carbons (Fsp3) is 0.735. The maximum Gasteiger partial charge on any atom is 0.306 e. The SMILES string of the molecule is CC(C)C1=C2C3CCC4C(C)(CCC5C(C)C(CC(=O)C6CC(C(=O)O)C6C)CCC54C)C3CCC2(CCNC(=O)C(C)(CO)NC(=O)c2ccc(Cl)cc2)CC1=O.CN. The zero-order valence-electron chi connectivity index (χ0n) is 37.4. The Morgan fingerprint density at radius 3 is 2.17 bits per heavy atom. The van der Waals surface area contributed by atoms with Crippen LogP contribution in [0.1, 0.15) is 136 Å². The molecule has 0 saturated heterocycles. The fourth-order valence-electron chi connectivity index (χ4n) is 14.4. The van der Waals surface area contributed by atoms with Crippen LogP contribution in [0.2, 0.25) is 5.02 Å². The van der Waals surface area contributed by atoms with Crippen LogP contribution in [-0.2, 0) is 19.2 Å². The zero-order valence-corrected chi connectivity index (χ0v) is 38.1. The van der Waals surface area contributed by atoms with Gasteiger partial charge < -0.3 is 26.6 Å². The largest absolute Gasteiger partial charge is 0.481 e. The van der Waals surface area contributed by atoms with E-state index in [1.165, 1.54) is 19.5 Å². The summed E-state index contributed by atoms with van der Waals surface area (Å²) in [7, 11) is 1.50. The van der Waals surface area contributed by atoms with Gasteiger partial charge in [0.2, 0.25) is 5.91 Å². The van der Waals surface area contributed by atoms with Crippen molar-refractivity contribution in [1.82, 2.24) is 10.6 Å². The third-order valence-corrected chi connectivity index (χ3v) is 17.9. The number of hydrogen-bond acceptors (Lipinski definition) is 7. The second-order valence-corrected chi connectivity index (χ2v) is 21.3. The zero-order chi connectivity index (χ0) is 44.1. The molecule has 2 amide bonds. The molecule has 5 saturated carbocycles. The number of aliphatic hydroxyl groups excluding tert-OH is 1. The highest BCUT2D eigenvalue weighted by Gasteiger charge is 2.65. The first kappa shape index (κ1) is 46.4. The maximum atomic E-state index is 14.0. The summed E-state index contributed by atoms with van der Waals surface area (Å²) in [5.74, 6) is 1.14. The quantitative estimate of drug-likeness (QED) is 0.140. The molecule has 13 unspecified atom stereocenters. The first-order valence-electron chi connectivity index (χ1n) is 22.9. The lowest BCUT2D eigenvalue weighted by Crippen LogP contribution is -2.60. The number of amides is 2. The molecule has 1 aromatic rings. The molecule has 0 radical (unpaired) electrons. The summed E-state index contributed by atoms with van der Waals surface area (Å²) in [6.07, 6.45) is 10.9. The minimum atomic E-state index is -1.53. The van der Waals surface area contributed by atoms with Gasteiger partial charge >= 0.3 is 5.97 Å². The number of hydrogen-bond donors (Lipinski definition) is 5. The predicted octanol–water partition coefficient (Wildman–Crippen LogP) is 8.03. The number of fused-ring (bicyclic) bond motifs is 7. The van der Waals surface area contributed by atoms with Crippen molar-refractivity contribution in [3.05, 3.63) is 46.0 Å². The highest BCUT2D eigenvalue weighted by Crippen LogP contribution is 2.72. The molecule has 7 rings (SSSR count). The standard InChI is InChI=1S/C48H67ClN2O7.CH5N/c1-26(2)40-38(54)24-48(20-21-50-44(58)47(7,25-52)51-42(55)29-8-10-31(49)11-9-29)19-16-36-32(41(40)48)12-13-39-45(5)17-14-30(27(3)35(45)15-18-46(36,39)6)22-37(53)33-23-34(28(33)4)43(56)57;1-2/h8-11,26-28,30,32-36,39,52H,12-25H2,1-7H3,(H,50,58)(H,51,55)(H,56,57);2H2,1H3. The lowest BCUT2D eigenvalue weighted by atomic mass is 9.37. The van der Waals surface area contributed by atoms with E-state index in [4.69, 9.17) is 11.6 Å². The van der Waals surface area contributed by atoms with Gasteiger partial charge in [0, 0.05) is 41.3 Å². The Kier molecular flexibility index (Phi) is 13.6. The summed E-state index contributed by atoms with van der Waals surface area (Å²) in [5, 5.41) is 26.1. The number of ketones is 2. The van der Waals surface area contributed by atoms with E-state index in [1.807, 2.05) is 6.92 Å². The first-order valence-corrected chi connectivity index (χ1v) is 23.3. The Labute approximate surface area is 363 Å². The molecule has 5 fully saturated rings. The lowest BCUT2D eigenvalue weighted by Gasteiger charge is -2.67. The number of allylic oxidation sites excluding steroid dienone is 2. The van der Waals surface area contributed by atoms with Gasteiger partial charge in [-0.05, 0) is 166 Å². The number of halogens is 1. The van der Waals surface area contributed by atoms with Crippen LogP contribution in [0.3, 0.4) is 0 Å². The van der Waals surface area contributed by atoms with Gasteiger partial charge in [-0.3, -0.25) is 24.0 Å². The van der Waals surface area contributed by atoms with E-state index in [2.05, 4.69) is 51.0 Å². The molecule has 11 heteroatoms. The summed E-state index contributed by atoms with van der Waals surface area (Å²) < 4.78 is 0. The number of Topliss-reactive ketones (excluding diaryl/α,β-unsaturated/α-hetero) is 2. The highest BCUT2D eigenvalue weighted by molar-refractivity contribution is 6.30. The molecule has 13 atom stereocenters. The van der Waals surface area contributed by atoms with Gasteiger partial charge in [-0.1, -0.05) is 58.7 Å². The van der Waals surface area contributed by atoms with E-state index in [9.17, 15) is 34.2 Å². The summed E-state index contributed by atoms with van der Waals surface area (Å²) in [6, 6.07) is 6.36. The fourth-order valence-corrected chi connectivity index (χ4v) is 14.5. The predicted molar refractivity (Wildman–Crippen MR) is 234 cm³/mol. The third-order valence-electron chi connectivity index (χ3n) is 17.7. The Bertz CT molecular complexity index is 1860. The molecule has 0 aromatic heterocycles. The minimum Gasteiger partial charge on any atom is -0.481 e. The molecule has 1 aromatic carbocycles. The van der Waals surface area contributed by atoms with E-state index >= 15 is 0 Å². The Hall–Kier alpha value is -3.08. The Morgan fingerprint density at radius 2 is 1.55 bits per heavy atom. The molecule has 10 nitrogen and oxygen atoms in total. The van der Waals surface area contributed by atoms with Gasteiger partial charge in [-0.2, -0.15) is 0 Å². The molecule has 6 aliphatic carbocycles. The van der Waals surface area contributed by atoms with E-state index in [-0.39, 0.29) is 51.5 Å². The van der Waals surface area contributed by atoms with Crippen molar-refractivity contribution < 1.29 is 34.2 Å². The number of benzene rings is 1. The monoisotopic (exact) mass is 850 g/mol. The number of carbonyl (C=O) groups excluding carboxylic acids is 4. The van der Waals surface area contributed by atoms with Gasteiger partial charge in [-0.25, -0.2) is 0 Å². The van der Waals surface area contributed by atoms with Gasteiger partial charge in [0.15, 0.2) is 5.78 Å². The van der Waals surface area contributed by atoms with Crippen LogP contribution >= 0.6 is 11.6 Å². The molecule has 6 aliphatic rings. The molecule has 0 bridgehead atoms. The molecule has 0 aliphatic heterocycles.